The zero-order valence-electron chi connectivity index (χ0n) is 12.6. The Labute approximate surface area is 116 Å². The number of likely N-dealkylation sites (N-methyl/N-ethyl adjacent to an activating group) is 1. The second-order valence-corrected chi connectivity index (χ2v) is 5.73. The van der Waals surface area contributed by atoms with Gasteiger partial charge in [0, 0.05) is 18.6 Å². The number of hydrogen-bond donors (Lipinski definition) is 1. The van der Waals surface area contributed by atoms with Crippen LogP contribution in [0.25, 0.3) is 0 Å². The summed E-state index contributed by atoms with van der Waals surface area (Å²) in [6.45, 7) is 3.27. The van der Waals surface area contributed by atoms with Gasteiger partial charge in [-0.3, -0.25) is 0 Å². The third-order valence-electron chi connectivity index (χ3n) is 4.21. The van der Waals surface area contributed by atoms with Crippen LogP contribution in [0.3, 0.4) is 0 Å². The van der Waals surface area contributed by atoms with E-state index in [4.69, 9.17) is 4.74 Å². The molecule has 1 N–H and O–H groups in total. The van der Waals surface area contributed by atoms with Crippen LogP contribution in [-0.2, 0) is 6.42 Å². The highest BCUT2D eigenvalue weighted by Gasteiger charge is 2.21. The Kier molecular flexibility index (Phi) is 4.83. The fourth-order valence-electron chi connectivity index (χ4n) is 2.61. The van der Waals surface area contributed by atoms with E-state index in [1.54, 1.807) is 7.11 Å². The molecule has 106 valence electrons. The number of rotatable bonds is 5. The van der Waals surface area contributed by atoms with Gasteiger partial charge in [-0.15, -0.1) is 0 Å². The monoisotopic (exact) mass is 262 g/mol. The van der Waals surface area contributed by atoms with Crippen LogP contribution in [0.5, 0.6) is 5.75 Å². The lowest BCUT2D eigenvalue weighted by atomic mass is 9.87. The first-order valence-electron chi connectivity index (χ1n) is 7.18. The van der Waals surface area contributed by atoms with Gasteiger partial charge in [0.25, 0.3) is 0 Å². The van der Waals surface area contributed by atoms with Crippen molar-refractivity contribution < 1.29 is 4.74 Å². The van der Waals surface area contributed by atoms with Gasteiger partial charge in [0.15, 0.2) is 0 Å². The third kappa shape index (κ3) is 3.48. The molecule has 2 unspecified atom stereocenters. The van der Waals surface area contributed by atoms with Gasteiger partial charge in [-0.2, -0.15) is 0 Å². The van der Waals surface area contributed by atoms with Crippen molar-refractivity contribution >= 4 is 0 Å². The summed E-state index contributed by atoms with van der Waals surface area (Å²) < 4.78 is 5.36. The predicted molar refractivity (Wildman–Crippen MR) is 79.8 cm³/mol. The lowest BCUT2D eigenvalue weighted by Crippen LogP contribution is -2.38. The van der Waals surface area contributed by atoms with Crippen molar-refractivity contribution in [3.8, 4) is 5.75 Å². The van der Waals surface area contributed by atoms with Crippen LogP contribution < -0.4 is 10.1 Å². The van der Waals surface area contributed by atoms with Crippen LogP contribution >= 0.6 is 0 Å². The summed E-state index contributed by atoms with van der Waals surface area (Å²) in [5.74, 6) is 0.966. The Morgan fingerprint density at radius 1 is 1.42 bits per heavy atom. The lowest BCUT2D eigenvalue weighted by Gasteiger charge is -2.29. The average Bonchev–Trinajstić information content (AvgIpc) is 2.43. The molecule has 0 aliphatic heterocycles. The first-order valence-corrected chi connectivity index (χ1v) is 7.18. The number of nitrogens with one attached hydrogen (secondary N) is 1. The van der Waals surface area contributed by atoms with E-state index >= 15 is 0 Å². The molecule has 0 radical (unpaired) electrons. The quantitative estimate of drug-likeness (QED) is 0.883. The van der Waals surface area contributed by atoms with Crippen molar-refractivity contribution in [1.82, 2.24) is 10.2 Å². The molecule has 0 aromatic heterocycles. The molecule has 1 aliphatic rings. The molecular weight excluding hydrogens is 236 g/mol. The maximum Gasteiger partial charge on any atom is 0.119 e. The SMILES string of the molecule is COc1ccc2c(c1)C(NCC(C)N(C)C)CCC2. The second kappa shape index (κ2) is 6.40. The van der Waals surface area contributed by atoms with E-state index in [2.05, 4.69) is 49.4 Å². The maximum absolute atomic E-state index is 5.36. The summed E-state index contributed by atoms with van der Waals surface area (Å²) in [6, 6.07) is 7.52. The summed E-state index contributed by atoms with van der Waals surface area (Å²) in [5.41, 5.74) is 2.90. The van der Waals surface area contributed by atoms with Crippen LogP contribution in [0.1, 0.15) is 36.9 Å². The Hall–Kier alpha value is -1.06. The first-order chi connectivity index (χ1) is 9.11. The van der Waals surface area contributed by atoms with Gasteiger partial charge in [-0.1, -0.05) is 6.07 Å². The molecule has 1 aromatic carbocycles. The van der Waals surface area contributed by atoms with E-state index in [9.17, 15) is 0 Å². The number of ether oxygens (including phenoxy) is 1. The Balaban J connectivity index is 2.08. The number of nitrogens with zero attached hydrogens (tertiary/aromatic N) is 1. The molecule has 0 saturated heterocycles. The molecule has 19 heavy (non-hydrogen) atoms. The zero-order chi connectivity index (χ0) is 13.8. The van der Waals surface area contributed by atoms with Gasteiger partial charge in [0.05, 0.1) is 7.11 Å². The highest BCUT2D eigenvalue weighted by Crippen LogP contribution is 2.32. The number of hydrogen-bond acceptors (Lipinski definition) is 3. The Morgan fingerprint density at radius 2 is 2.21 bits per heavy atom. The van der Waals surface area contributed by atoms with Gasteiger partial charge in [0.2, 0.25) is 0 Å². The summed E-state index contributed by atoms with van der Waals surface area (Å²) in [6.07, 6.45) is 3.69. The van der Waals surface area contributed by atoms with E-state index in [1.165, 1.54) is 30.4 Å². The van der Waals surface area contributed by atoms with E-state index in [-0.39, 0.29) is 0 Å². The molecule has 3 heteroatoms. The molecule has 0 amide bonds. The van der Waals surface area contributed by atoms with Gasteiger partial charge >= 0.3 is 0 Å². The summed E-state index contributed by atoms with van der Waals surface area (Å²) in [7, 11) is 6.00. The standard InChI is InChI=1S/C16H26N2O/c1-12(18(2)3)11-17-16-7-5-6-13-8-9-14(19-4)10-15(13)16/h8-10,12,16-17H,5-7,11H2,1-4H3. The van der Waals surface area contributed by atoms with E-state index in [0.29, 0.717) is 12.1 Å². The minimum Gasteiger partial charge on any atom is -0.497 e. The molecule has 3 nitrogen and oxygen atoms in total. The first kappa shape index (κ1) is 14.4. The molecule has 0 fully saturated rings. The molecular formula is C16H26N2O. The molecule has 1 aromatic rings. The van der Waals surface area contributed by atoms with Gasteiger partial charge < -0.3 is 15.0 Å². The molecule has 0 heterocycles. The molecule has 0 spiro atoms. The molecule has 1 aliphatic carbocycles. The highest BCUT2D eigenvalue weighted by molar-refractivity contribution is 5.39. The fourth-order valence-corrected chi connectivity index (χ4v) is 2.61. The minimum absolute atomic E-state index is 0.473. The maximum atomic E-state index is 5.36. The van der Waals surface area contributed by atoms with Crippen LogP contribution in [0.4, 0.5) is 0 Å². The number of aryl methyl sites for hydroxylation is 1. The molecule has 2 rings (SSSR count). The topological polar surface area (TPSA) is 24.5 Å². The zero-order valence-corrected chi connectivity index (χ0v) is 12.6. The number of benzene rings is 1. The summed E-state index contributed by atoms with van der Waals surface area (Å²) in [5, 5.41) is 3.71. The smallest absolute Gasteiger partial charge is 0.119 e. The van der Waals surface area contributed by atoms with E-state index in [1.807, 2.05) is 0 Å². The minimum atomic E-state index is 0.473. The van der Waals surface area contributed by atoms with Crippen LogP contribution in [0, 0.1) is 0 Å². The second-order valence-electron chi connectivity index (χ2n) is 5.73. The number of methoxy groups -OCH3 is 1. The van der Waals surface area contributed by atoms with E-state index in [0.717, 1.165) is 12.3 Å². The highest BCUT2D eigenvalue weighted by atomic mass is 16.5. The van der Waals surface area contributed by atoms with Crippen LogP contribution in [0.15, 0.2) is 18.2 Å². The van der Waals surface area contributed by atoms with Crippen molar-refractivity contribution in [1.29, 1.82) is 0 Å². The van der Waals surface area contributed by atoms with Crippen molar-refractivity contribution in [2.45, 2.75) is 38.3 Å². The molecule has 2 atom stereocenters. The normalized spacial score (nSPS) is 20.2. The van der Waals surface area contributed by atoms with Crippen molar-refractivity contribution in [3.05, 3.63) is 29.3 Å². The predicted octanol–water partition coefficient (Wildman–Crippen LogP) is 2.61. The third-order valence-corrected chi connectivity index (χ3v) is 4.21. The van der Waals surface area contributed by atoms with Crippen molar-refractivity contribution in [2.75, 3.05) is 27.7 Å². The number of fused-ring (bicyclic) bond motifs is 1. The molecule has 0 saturated carbocycles. The van der Waals surface area contributed by atoms with Crippen molar-refractivity contribution in [3.63, 3.8) is 0 Å². The lowest BCUT2D eigenvalue weighted by molar-refractivity contribution is 0.288. The van der Waals surface area contributed by atoms with E-state index < -0.39 is 0 Å². The summed E-state index contributed by atoms with van der Waals surface area (Å²) in [4.78, 5) is 2.25. The fraction of sp³-hybridized carbons (Fsp3) is 0.625. The summed E-state index contributed by atoms with van der Waals surface area (Å²) >= 11 is 0. The Morgan fingerprint density at radius 3 is 2.89 bits per heavy atom. The molecule has 0 bridgehead atoms. The largest absolute Gasteiger partial charge is 0.497 e. The van der Waals surface area contributed by atoms with Crippen LogP contribution in [-0.4, -0.2) is 38.7 Å². The van der Waals surface area contributed by atoms with Crippen LogP contribution in [0.2, 0.25) is 0 Å². The van der Waals surface area contributed by atoms with Gasteiger partial charge in [-0.05, 0) is 63.5 Å². The van der Waals surface area contributed by atoms with Gasteiger partial charge in [-0.25, -0.2) is 0 Å². The van der Waals surface area contributed by atoms with Gasteiger partial charge in [0.1, 0.15) is 5.75 Å². The van der Waals surface area contributed by atoms with Crippen molar-refractivity contribution in [2.24, 2.45) is 0 Å². The average molecular weight is 262 g/mol. The Bertz CT molecular complexity index is 417.